The molecule has 0 bridgehead atoms. The minimum Gasteiger partial charge on any atom is -0.506 e. The second kappa shape index (κ2) is 7.17. The summed E-state index contributed by atoms with van der Waals surface area (Å²) in [5.41, 5.74) is 2.58. The summed E-state index contributed by atoms with van der Waals surface area (Å²) in [4.78, 5) is 17.0. The molecule has 1 N–H and O–H groups in total. The van der Waals surface area contributed by atoms with E-state index in [1.165, 1.54) is 0 Å². The van der Waals surface area contributed by atoms with Gasteiger partial charge in [0.1, 0.15) is 11.3 Å². The van der Waals surface area contributed by atoms with Gasteiger partial charge in [-0.25, -0.2) is 0 Å². The number of furan rings is 1. The molecule has 0 spiro atoms. The van der Waals surface area contributed by atoms with Crippen LogP contribution in [0.1, 0.15) is 5.56 Å². The summed E-state index contributed by atoms with van der Waals surface area (Å²) in [6.45, 7) is 2.70. The van der Waals surface area contributed by atoms with Crippen molar-refractivity contribution in [2.75, 3.05) is 31.1 Å². The SMILES string of the molecule is O=C(Cc1coc2ccc3ccccc3c12)N1CCN(c2ccccc2O)CC1. The Balaban J connectivity index is 1.33. The van der Waals surface area contributed by atoms with Gasteiger partial charge in [-0.2, -0.15) is 0 Å². The van der Waals surface area contributed by atoms with Crippen molar-refractivity contribution in [2.24, 2.45) is 0 Å². The molecule has 5 nitrogen and oxygen atoms in total. The van der Waals surface area contributed by atoms with Crippen LogP contribution >= 0.6 is 0 Å². The Morgan fingerprint density at radius 1 is 0.931 bits per heavy atom. The van der Waals surface area contributed by atoms with Crippen molar-refractivity contribution < 1.29 is 14.3 Å². The first-order chi connectivity index (χ1) is 14.2. The molecule has 1 fully saturated rings. The molecule has 0 aliphatic carbocycles. The summed E-state index contributed by atoms with van der Waals surface area (Å²) in [6, 6.07) is 19.5. The van der Waals surface area contributed by atoms with E-state index in [1.54, 1.807) is 12.3 Å². The van der Waals surface area contributed by atoms with Crippen LogP contribution < -0.4 is 4.90 Å². The molecule has 1 aliphatic heterocycles. The number of nitrogens with zero attached hydrogens (tertiary/aromatic N) is 2. The monoisotopic (exact) mass is 386 g/mol. The number of hydrogen-bond donors (Lipinski definition) is 1. The predicted molar refractivity (Wildman–Crippen MR) is 114 cm³/mol. The molecule has 4 aromatic rings. The lowest BCUT2D eigenvalue weighted by Gasteiger charge is -2.36. The number of amides is 1. The van der Waals surface area contributed by atoms with Gasteiger partial charge in [0.15, 0.2) is 0 Å². The molecular formula is C24H22N2O3. The second-order valence-corrected chi connectivity index (χ2v) is 7.45. The van der Waals surface area contributed by atoms with E-state index >= 15 is 0 Å². The third kappa shape index (κ3) is 3.18. The van der Waals surface area contributed by atoms with Gasteiger partial charge in [0, 0.05) is 37.1 Å². The van der Waals surface area contributed by atoms with Gasteiger partial charge in [-0.1, -0.05) is 42.5 Å². The van der Waals surface area contributed by atoms with E-state index in [2.05, 4.69) is 17.0 Å². The van der Waals surface area contributed by atoms with Gasteiger partial charge in [0.05, 0.1) is 18.4 Å². The van der Waals surface area contributed by atoms with Gasteiger partial charge in [-0.3, -0.25) is 4.79 Å². The first-order valence-electron chi connectivity index (χ1n) is 9.89. The number of carbonyl (C=O) groups excluding carboxylic acids is 1. The molecule has 1 saturated heterocycles. The predicted octanol–water partition coefficient (Wildman–Crippen LogP) is 4.18. The fourth-order valence-electron chi connectivity index (χ4n) is 4.21. The van der Waals surface area contributed by atoms with Gasteiger partial charge in [0.2, 0.25) is 5.91 Å². The van der Waals surface area contributed by atoms with Crippen LogP contribution in [0, 0.1) is 0 Å². The van der Waals surface area contributed by atoms with Crippen LogP contribution in [0.25, 0.3) is 21.7 Å². The Morgan fingerprint density at radius 2 is 1.69 bits per heavy atom. The highest BCUT2D eigenvalue weighted by Crippen LogP contribution is 2.31. The number of aromatic hydroxyl groups is 1. The van der Waals surface area contributed by atoms with Gasteiger partial charge in [-0.05, 0) is 29.0 Å². The zero-order valence-electron chi connectivity index (χ0n) is 16.0. The molecule has 0 atom stereocenters. The number of para-hydroxylation sites is 2. The first-order valence-corrected chi connectivity index (χ1v) is 9.89. The van der Waals surface area contributed by atoms with Crippen molar-refractivity contribution in [1.29, 1.82) is 0 Å². The average Bonchev–Trinajstić information content (AvgIpc) is 3.17. The van der Waals surface area contributed by atoms with Crippen LogP contribution in [-0.2, 0) is 11.2 Å². The molecule has 1 aliphatic rings. The van der Waals surface area contributed by atoms with E-state index in [-0.39, 0.29) is 11.7 Å². The molecule has 29 heavy (non-hydrogen) atoms. The van der Waals surface area contributed by atoms with Crippen LogP contribution in [0.3, 0.4) is 0 Å². The van der Waals surface area contributed by atoms with Crippen molar-refractivity contribution in [2.45, 2.75) is 6.42 Å². The van der Waals surface area contributed by atoms with Crippen LogP contribution in [-0.4, -0.2) is 42.1 Å². The number of fused-ring (bicyclic) bond motifs is 3. The number of phenols is 1. The third-order valence-electron chi connectivity index (χ3n) is 5.74. The first kappa shape index (κ1) is 17.6. The highest BCUT2D eigenvalue weighted by atomic mass is 16.3. The minimum absolute atomic E-state index is 0.109. The maximum Gasteiger partial charge on any atom is 0.227 e. The second-order valence-electron chi connectivity index (χ2n) is 7.45. The number of anilines is 1. The molecule has 0 saturated carbocycles. The molecule has 0 unspecified atom stereocenters. The summed E-state index contributed by atoms with van der Waals surface area (Å²) in [5, 5.41) is 13.4. The molecule has 5 rings (SSSR count). The molecule has 1 amide bonds. The van der Waals surface area contributed by atoms with Gasteiger partial charge < -0.3 is 19.3 Å². The Hall–Kier alpha value is -3.47. The van der Waals surface area contributed by atoms with E-state index in [1.807, 2.05) is 47.4 Å². The number of rotatable bonds is 3. The number of piperazine rings is 1. The van der Waals surface area contributed by atoms with E-state index in [0.29, 0.717) is 32.6 Å². The quantitative estimate of drug-likeness (QED) is 0.574. The van der Waals surface area contributed by atoms with E-state index in [9.17, 15) is 9.90 Å². The fraction of sp³-hybridized carbons (Fsp3) is 0.208. The van der Waals surface area contributed by atoms with Crippen LogP contribution in [0.2, 0.25) is 0 Å². The highest BCUT2D eigenvalue weighted by Gasteiger charge is 2.24. The van der Waals surface area contributed by atoms with Crippen molar-refractivity contribution in [3.05, 3.63) is 72.5 Å². The molecule has 1 aromatic heterocycles. The van der Waals surface area contributed by atoms with Crippen molar-refractivity contribution in [3.8, 4) is 5.75 Å². The van der Waals surface area contributed by atoms with Gasteiger partial charge >= 0.3 is 0 Å². The van der Waals surface area contributed by atoms with Gasteiger partial charge in [-0.15, -0.1) is 0 Å². The van der Waals surface area contributed by atoms with Crippen LogP contribution in [0.4, 0.5) is 5.69 Å². The zero-order valence-corrected chi connectivity index (χ0v) is 16.0. The molecular weight excluding hydrogens is 364 g/mol. The normalized spacial score (nSPS) is 14.6. The summed E-state index contributed by atoms with van der Waals surface area (Å²) in [6.07, 6.45) is 2.05. The van der Waals surface area contributed by atoms with E-state index in [0.717, 1.165) is 33.0 Å². The number of benzene rings is 3. The van der Waals surface area contributed by atoms with Gasteiger partial charge in [0.25, 0.3) is 0 Å². The average molecular weight is 386 g/mol. The minimum atomic E-state index is 0.109. The van der Waals surface area contributed by atoms with Crippen molar-refractivity contribution in [3.63, 3.8) is 0 Å². The summed E-state index contributed by atoms with van der Waals surface area (Å²) < 4.78 is 5.73. The maximum atomic E-state index is 13.0. The standard InChI is InChI=1S/C24H22N2O3/c27-21-8-4-3-7-20(21)25-11-13-26(14-12-25)23(28)15-18-16-29-22-10-9-17-5-1-2-6-19(17)24(18)22/h1-10,16,27H,11-15H2. The third-order valence-corrected chi connectivity index (χ3v) is 5.74. The zero-order chi connectivity index (χ0) is 19.8. The maximum absolute atomic E-state index is 13.0. The lowest BCUT2D eigenvalue weighted by atomic mass is 10.0. The number of hydrogen-bond acceptors (Lipinski definition) is 4. The lowest BCUT2D eigenvalue weighted by molar-refractivity contribution is -0.130. The summed E-state index contributed by atoms with van der Waals surface area (Å²) >= 11 is 0. The Labute approximate surface area is 168 Å². The highest BCUT2D eigenvalue weighted by molar-refractivity contribution is 6.08. The molecule has 0 radical (unpaired) electrons. The Kier molecular flexibility index (Phi) is 4.35. The summed E-state index contributed by atoms with van der Waals surface area (Å²) in [5.74, 6) is 0.390. The van der Waals surface area contributed by atoms with Crippen molar-refractivity contribution >= 4 is 33.3 Å². The van der Waals surface area contributed by atoms with E-state index in [4.69, 9.17) is 4.42 Å². The molecule has 3 aromatic carbocycles. The molecule has 146 valence electrons. The fourth-order valence-corrected chi connectivity index (χ4v) is 4.21. The number of phenolic OH excluding ortho intramolecular Hbond substituents is 1. The largest absolute Gasteiger partial charge is 0.506 e. The summed E-state index contributed by atoms with van der Waals surface area (Å²) in [7, 11) is 0. The van der Waals surface area contributed by atoms with Crippen molar-refractivity contribution in [1.82, 2.24) is 4.90 Å². The van der Waals surface area contributed by atoms with Crippen LogP contribution in [0.5, 0.6) is 5.75 Å². The smallest absolute Gasteiger partial charge is 0.227 e. The Bertz CT molecular complexity index is 1190. The number of carbonyl (C=O) groups is 1. The molecule has 2 heterocycles. The topological polar surface area (TPSA) is 56.9 Å². The lowest BCUT2D eigenvalue weighted by Crippen LogP contribution is -2.49. The van der Waals surface area contributed by atoms with E-state index < -0.39 is 0 Å². The molecule has 5 heteroatoms. The Morgan fingerprint density at radius 3 is 2.52 bits per heavy atom. The van der Waals surface area contributed by atoms with Crippen LogP contribution in [0.15, 0.2) is 71.3 Å².